The molecule has 0 aromatic heterocycles. The molecule has 3 rings (SSSR count). The molecule has 1 saturated carbocycles. The summed E-state index contributed by atoms with van der Waals surface area (Å²) < 4.78 is 41.3. The Kier molecular flexibility index (Phi) is 6.12. The molecule has 0 unspecified atom stereocenters. The van der Waals surface area contributed by atoms with Crippen molar-refractivity contribution in [1.82, 2.24) is 4.72 Å². The van der Waals surface area contributed by atoms with Gasteiger partial charge in [0.05, 0.1) is 11.0 Å². The first-order chi connectivity index (χ1) is 13.2. The van der Waals surface area contributed by atoms with Gasteiger partial charge in [0.2, 0.25) is 10.0 Å². The van der Waals surface area contributed by atoms with Gasteiger partial charge in [-0.15, -0.1) is 0 Å². The molecule has 0 aliphatic heterocycles. The van der Waals surface area contributed by atoms with Crippen LogP contribution in [0.25, 0.3) is 0 Å². The smallest absolute Gasteiger partial charge is 0.255 e. The second-order valence-electron chi connectivity index (χ2n) is 7.08. The number of rotatable bonds is 5. The van der Waals surface area contributed by atoms with E-state index in [1.807, 2.05) is 0 Å². The minimum absolute atomic E-state index is 0.0181. The van der Waals surface area contributed by atoms with Gasteiger partial charge >= 0.3 is 0 Å². The number of aryl methyl sites for hydroxylation is 1. The van der Waals surface area contributed by atoms with Gasteiger partial charge in [-0.05, 0) is 74.6 Å². The van der Waals surface area contributed by atoms with Crippen LogP contribution in [0.1, 0.15) is 41.6 Å². The van der Waals surface area contributed by atoms with Gasteiger partial charge in [-0.25, -0.2) is 17.5 Å². The lowest BCUT2D eigenvalue weighted by Gasteiger charge is -2.26. The molecule has 0 bridgehead atoms. The van der Waals surface area contributed by atoms with Crippen molar-refractivity contribution in [3.63, 3.8) is 0 Å². The molecule has 0 heterocycles. The highest BCUT2D eigenvalue weighted by atomic mass is 32.2. The van der Waals surface area contributed by atoms with E-state index in [1.165, 1.54) is 42.5 Å². The van der Waals surface area contributed by atoms with E-state index >= 15 is 0 Å². The molecule has 28 heavy (non-hydrogen) atoms. The number of nitrogens with one attached hydrogen (secondary N) is 2. The van der Waals surface area contributed by atoms with Crippen LogP contribution in [0, 0.1) is 12.7 Å². The van der Waals surface area contributed by atoms with Crippen molar-refractivity contribution in [3.8, 4) is 0 Å². The van der Waals surface area contributed by atoms with E-state index in [-0.39, 0.29) is 22.3 Å². The number of anilines is 1. The number of aliphatic hydroxyl groups excluding tert-OH is 1. The van der Waals surface area contributed by atoms with E-state index in [0.29, 0.717) is 30.5 Å². The molecule has 1 aliphatic rings. The zero-order valence-corrected chi connectivity index (χ0v) is 16.3. The second kappa shape index (κ2) is 8.38. The first kappa shape index (κ1) is 20.4. The molecule has 0 spiro atoms. The predicted octanol–water partition coefficient (Wildman–Crippen LogP) is 2.97. The Morgan fingerprint density at radius 2 is 1.96 bits per heavy atom. The van der Waals surface area contributed by atoms with E-state index in [4.69, 9.17) is 0 Å². The summed E-state index contributed by atoms with van der Waals surface area (Å²) in [5.74, 6) is -0.860. The molecule has 2 aromatic carbocycles. The van der Waals surface area contributed by atoms with Crippen LogP contribution in [0.15, 0.2) is 47.4 Å². The van der Waals surface area contributed by atoms with E-state index in [1.54, 1.807) is 6.92 Å². The molecular formula is C20H23FN2O4S. The maximum atomic E-state index is 13.4. The van der Waals surface area contributed by atoms with Crippen molar-refractivity contribution in [2.45, 2.75) is 49.6 Å². The van der Waals surface area contributed by atoms with Crippen LogP contribution >= 0.6 is 0 Å². The Balaban J connectivity index is 1.75. The van der Waals surface area contributed by atoms with Crippen molar-refractivity contribution in [2.75, 3.05) is 5.32 Å². The summed E-state index contributed by atoms with van der Waals surface area (Å²) in [6.07, 6.45) is 1.98. The van der Waals surface area contributed by atoms with Crippen molar-refractivity contribution >= 4 is 21.6 Å². The standard InChI is InChI=1S/C20H23FN2O4S/c1-13-10-15(8-9-19(13)21)22-20(25)14-4-2-7-18(11-14)28(26,27)23-16-5-3-6-17(24)12-16/h2,4,7-11,16-17,23-24H,3,5-6,12H2,1H3,(H,22,25)/t16-,17-/m0/s1. The zero-order chi connectivity index (χ0) is 20.3. The number of benzene rings is 2. The Bertz CT molecular complexity index is 978. The van der Waals surface area contributed by atoms with E-state index in [9.17, 15) is 22.7 Å². The van der Waals surface area contributed by atoms with Crippen LogP contribution in [0.4, 0.5) is 10.1 Å². The fourth-order valence-electron chi connectivity index (χ4n) is 3.29. The highest BCUT2D eigenvalue weighted by Crippen LogP contribution is 2.21. The average Bonchev–Trinajstić information content (AvgIpc) is 2.64. The van der Waals surface area contributed by atoms with Crippen molar-refractivity contribution in [3.05, 3.63) is 59.4 Å². The van der Waals surface area contributed by atoms with Gasteiger partial charge < -0.3 is 10.4 Å². The number of hydrogen-bond donors (Lipinski definition) is 3. The summed E-state index contributed by atoms with van der Waals surface area (Å²) in [5, 5.41) is 12.4. The van der Waals surface area contributed by atoms with Gasteiger partial charge in [0.1, 0.15) is 5.82 Å². The van der Waals surface area contributed by atoms with Crippen LogP contribution < -0.4 is 10.0 Å². The molecule has 150 valence electrons. The molecule has 1 amide bonds. The molecule has 2 aromatic rings. The summed E-state index contributed by atoms with van der Waals surface area (Å²) in [6, 6.07) is 9.60. The SMILES string of the molecule is Cc1cc(NC(=O)c2cccc(S(=O)(=O)N[C@H]3CCC[C@H](O)C3)c2)ccc1F. The third-order valence-electron chi connectivity index (χ3n) is 4.79. The Morgan fingerprint density at radius 3 is 2.68 bits per heavy atom. The lowest BCUT2D eigenvalue weighted by atomic mass is 9.94. The number of hydrogen-bond acceptors (Lipinski definition) is 4. The maximum absolute atomic E-state index is 13.4. The van der Waals surface area contributed by atoms with Crippen LogP contribution in [0.5, 0.6) is 0 Å². The van der Waals surface area contributed by atoms with Gasteiger partial charge in [0.15, 0.2) is 0 Å². The van der Waals surface area contributed by atoms with E-state index < -0.39 is 22.0 Å². The van der Waals surface area contributed by atoms with Gasteiger partial charge in [-0.2, -0.15) is 0 Å². The van der Waals surface area contributed by atoms with Crippen LogP contribution in [0.2, 0.25) is 0 Å². The number of carbonyl (C=O) groups is 1. The highest BCUT2D eigenvalue weighted by molar-refractivity contribution is 7.89. The number of halogens is 1. The lowest BCUT2D eigenvalue weighted by Crippen LogP contribution is -2.39. The number of sulfonamides is 1. The summed E-state index contributed by atoms with van der Waals surface area (Å²) in [6.45, 7) is 1.59. The first-order valence-corrected chi connectivity index (χ1v) is 10.6. The van der Waals surface area contributed by atoms with Crippen molar-refractivity contribution in [1.29, 1.82) is 0 Å². The van der Waals surface area contributed by atoms with Gasteiger partial charge in [-0.1, -0.05) is 6.07 Å². The summed E-state index contributed by atoms with van der Waals surface area (Å²) in [7, 11) is -3.82. The fraction of sp³-hybridized carbons (Fsp3) is 0.350. The van der Waals surface area contributed by atoms with E-state index in [0.717, 1.165) is 6.42 Å². The normalized spacial score (nSPS) is 20.0. The monoisotopic (exact) mass is 406 g/mol. The number of amides is 1. The minimum atomic E-state index is -3.82. The first-order valence-electron chi connectivity index (χ1n) is 9.12. The maximum Gasteiger partial charge on any atom is 0.255 e. The average molecular weight is 406 g/mol. The topological polar surface area (TPSA) is 95.5 Å². The molecule has 3 N–H and O–H groups in total. The van der Waals surface area contributed by atoms with Gasteiger partial charge in [0, 0.05) is 17.3 Å². The molecule has 1 aliphatic carbocycles. The lowest BCUT2D eigenvalue weighted by molar-refractivity contribution is 0.102. The summed E-state index contributed by atoms with van der Waals surface area (Å²) in [5.41, 5.74) is 0.994. The highest BCUT2D eigenvalue weighted by Gasteiger charge is 2.26. The molecule has 6 nitrogen and oxygen atoms in total. The van der Waals surface area contributed by atoms with Crippen LogP contribution in [-0.2, 0) is 10.0 Å². The Morgan fingerprint density at radius 1 is 1.18 bits per heavy atom. The number of aliphatic hydroxyl groups is 1. The number of carbonyl (C=O) groups excluding carboxylic acids is 1. The Labute approximate surface area is 163 Å². The quantitative estimate of drug-likeness (QED) is 0.711. The van der Waals surface area contributed by atoms with Crippen LogP contribution in [-0.4, -0.2) is 31.6 Å². The van der Waals surface area contributed by atoms with Crippen molar-refractivity contribution in [2.24, 2.45) is 0 Å². The third-order valence-corrected chi connectivity index (χ3v) is 6.31. The molecule has 8 heteroatoms. The van der Waals surface area contributed by atoms with E-state index in [2.05, 4.69) is 10.0 Å². The molecular weight excluding hydrogens is 383 g/mol. The van der Waals surface area contributed by atoms with Gasteiger partial charge in [0.25, 0.3) is 5.91 Å². The molecule has 0 radical (unpaired) electrons. The minimum Gasteiger partial charge on any atom is -0.393 e. The Hall–Kier alpha value is -2.29. The summed E-state index contributed by atoms with van der Waals surface area (Å²) >= 11 is 0. The molecule has 2 atom stereocenters. The van der Waals surface area contributed by atoms with Gasteiger partial charge in [-0.3, -0.25) is 4.79 Å². The second-order valence-corrected chi connectivity index (χ2v) is 8.80. The fourth-order valence-corrected chi connectivity index (χ4v) is 4.62. The largest absolute Gasteiger partial charge is 0.393 e. The zero-order valence-electron chi connectivity index (χ0n) is 15.5. The predicted molar refractivity (Wildman–Crippen MR) is 104 cm³/mol. The third kappa shape index (κ3) is 4.95. The summed E-state index contributed by atoms with van der Waals surface area (Å²) in [4.78, 5) is 12.5. The molecule has 1 fully saturated rings. The van der Waals surface area contributed by atoms with Crippen molar-refractivity contribution < 1.29 is 22.7 Å². The molecule has 0 saturated heterocycles. The van der Waals surface area contributed by atoms with Crippen LogP contribution in [0.3, 0.4) is 0 Å².